The molecule has 158 valence electrons. The third-order valence-electron chi connectivity index (χ3n) is 5.14. The molecule has 0 aliphatic heterocycles. The van der Waals surface area contributed by atoms with Gasteiger partial charge in [0, 0.05) is 24.3 Å². The fourth-order valence-corrected chi connectivity index (χ4v) is 4.33. The minimum atomic E-state index is -4.48. The van der Waals surface area contributed by atoms with E-state index in [1.807, 2.05) is 13.0 Å². The van der Waals surface area contributed by atoms with E-state index in [9.17, 15) is 18.0 Å². The van der Waals surface area contributed by atoms with E-state index in [1.165, 1.54) is 7.11 Å². The van der Waals surface area contributed by atoms with E-state index >= 15 is 0 Å². The Hall–Kier alpha value is -2.62. The summed E-state index contributed by atoms with van der Waals surface area (Å²) in [5.74, 6) is 0.925. The van der Waals surface area contributed by atoms with Crippen molar-refractivity contribution in [3.63, 3.8) is 0 Å². The second kappa shape index (κ2) is 7.57. The first-order chi connectivity index (χ1) is 14.2. The second-order valence-corrected chi connectivity index (χ2v) is 8.39. The predicted molar refractivity (Wildman–Crippen MR) is 106 cm³/mol. The van der Waals surface area contributed by atoms with Gasteiger partial charge in [-0.15, -0.1) is 11.8 Å². The number of esters is 1. The van der Waals surface area contributed by atoms with Gasteiger partial charge in [0.15, 0.2) is 11.5 Å². The zero-order valence-electron chi connectivity index (χ0n) is 16.5. The molecule has 3 heterocycles. The number of thioether (sulfide) groups is 1. The lowest BCUT2D eigenvalue weighted by atomic mass is 10.1. The molecular formula is C20H19F3N4O2S. The number of fused-ring (bicyclic) bond motifs is 1. The molecule has 1 saturated carbocycles. The number of aryl methyl sites for hydroxylation is 1. The van der Waals surface area contributed by atoms with Crippen LogP contribution in [-0.2, 0) is 22.8 Å². The lowest BCUT2D eigenvalue weighted by Gasteiger charge is -2.10. The number of alkyl halides is 3. The minimum Gasteiger partial charge on any atom is -0.469 e. The third kappa shape index (κ3) is 3.64. The monoisotopic (exact) mass is 436 g/mol. The van der Waals surface area contributed by atoms with Crippen molar-refractivity contribution < 1.29 is 22.7 Å². The fourth-order valence-electron chi connectivity index (χ4n) is 3.51. The van der Waals surface area contributed by atoms with E-state index in [2.05, 4.69) is 15.0 Å². The number of pyridine rings is 2. The largest absolute Gasteiger partial charge is 0.469 e. The van der Waals surface area contributed by atoms with Gasteiger partial charge in [0.05, 0.1) is 18.6 Å². The van der Waals surface area contributed by atoms with Crippen molar-refractivity contribution in [3.8, 4) is 11.5 Å². The number of rotatable bonds is 5. The molecule has 2 unspecified atom stereocenters. The van der Waals surface area contributed by atoms with Crippen molar-refractivity contribution >= 4 is 28.9 Å². The van der Waals surface area contributed by atoms with Gasteiger partial charge in [-0.25, -0.2) is 9.97 Å². The summed E-state index contributed by atoms with van der Waals surface area (Å²) < 4.78 is 45.5. The topological polar surface area (TPSA) is 69.9 Å². The summed E-state index contributed by atoms with van der Waals surface area (Å²) >= 11 is 1.57. The van der Waals surface area contributed by atoms with Crippen LogP contribution in [0, 0.1) is 5.92 Å². The standard InChI is InChI=1S/C20H19F3N4O2S/c1-4-30-15-5-10(12-7-13(12)19(28)29-3)8-24-16(15)18-26-14-6-11(20(21,22)23)9-25-17(14)27(18)2/h5-6,8-9,12-13H,4,7H2,1-3H3. The average molecular weight is 436 g/mol. The Bertz CT molecular complexity index is 1130. The maximum atomic E-state index is 13.0. The molecular weight excluding hydrogens is 417 g/mol. The molecule has 0 saturated heterocycles. The molecule has 0 N–H and O–H groups in total. The quantitative estimate of drug-likeness (QED) is 0.435. The van der Waals surface area contributed by atoms with Crippen LogP contribution in [0.5, 0.6) is 0 Å². The summed E-state index contributed by atoms with van der Waals surface area (Å²) in [5.41, 5.74) is 1.20. The first-order valence-electron chi connectivity index (χ1n) is 9.35. The molecule has 0 bridgehead atoms. The lowest BCUT2D eigenvalue weighted by molar-refractivity contribution is -0.142. The lowest BCUT2D eigenvalue weighted by Crippen LogP contribution is -2.05. The zero-order chi connectivity index (χ0) is 21.6. The summed E-state index contributed by atoms with van der Waals surface area (Å²) in [5, 5.41) is 0. The summed E-state index contributed by atoms with van der Waals surface area (Å²) in [4.78, 5) is 25.5. The van der Waals surface area contributed by atoms with E-state index in [-0.39, 0.29) is 23.3 Å². The summed E-state index contributed by atoms with van der Waals surface area (Å²) in [6.07, 6.45) is -1.24. The number of methoxy groups -OCH3 is 1. The van der Waals surface area contributed by atoms with Gasteiger partial charge in [-0.1, -0.05) is 6.92 Å². The Morgan fingerprint density at radius 3 is 2.73 bits per heavy atom. The molecule has 0 aromatic carbocycles. The van der Waals surface area contributed by atoms with Crippen LogP contribution < -0.4 is 0 Å². The molecule has 1 aliphatic rings. The molecule has 0 spiro atoms. The Balaban J connectivity index is 1.75. The van der Waals surface area contributed by atoms with E-state index in [4.69, 9.17) is 4.74 Å². The Morgan fingerprint density at radius 1 is 1.30 bits per heavy atom. The molecule has 3 aromatic rings. The normalized spacial score (nSPS) is 18.6. The van der Waals surface area contributed by atoms with Crippen molar-refractivity contribution in [2.75, 3.05) is 12.9 Å². The predicted octanol–water partition coefficient (Wildman–Crippen LogP) is 4.44. The average Bonchev–Trinajstić information content (AvgIpc) is 3.45. The highest BCUT2D eigenvalue weighted by Gasteiger charge is 2.45. The van der Waals surface area contributed by atoms with Crippen LogP contribution in [0.15, 0.2) is 29.4 Å². The van der Waals surface area contributed by atoms with Gasteiger partial charge in [-0.3, -0.25) is 9.78 Å². The first-order valence-corrected chi connectivity index (χ1v) is 10.3. The number of ether oxygens (including phenoxy) is 1. The van der Waals surface area contributed by atoms with E-state index in [0.717, 1.165) is 34.9 Å². The molecule has 30 heavy (non-hydrogen) atoms. The highest BCUT2D eigenvalue weighted by Crippen LogP contribution is 2.49. The van der Waals surface area contributed by atoms with Gasteiger partial charge in [0.2, 0.25) is 0 Å². The Kier molecular flexibility index (Phi) is 5.21. The summed E-state index contributed by atoms with van der Waals surface area (Å²) in [6, 6.07) is 2.98. The van der Waals surface area contributed by atoms with Gasteiger partial charge in [0.1, 0.15) is 11.2 Å². The maximum Gasteiger partial charge on any atom is 0.417 e. The number of hydrogen-bond acceptors (Lipinski definition) is 6. The van der Waals surface area contributed by atoms with Crippen LogP contribution >= 0.6 is 11.8 Å². The van der Waals surface area contributed by atoms with Crippen LogP contribution in [0.25, 0.3) is 22.7 Å². The van der Waals surface area contributed by atoms with Gasteiger partial charge in [-0.2, -0.15) is 13.2 Å². The van der Waals surface area contributed by atoms with Crippen LogP contribution in [-0.4, -0.2) is 38.4 Å². The SMILES string of the molecule is CCSc1cc(C2CC2C(=O)OC)cnc1-c1nc2cc(C(F)(F)F)cnc2n1C. The van der Waals surface area contributed by atoms with Crippen molar-refractivity contribution in [1.29, 1.82) is 0 Å². The first kappa shape index (κ1) is 20.6. The van der Waals surface area contributed by atoms with Crippen molar-refractivity contribution in [2.45, 2.75) is 30.3 Å². The molecule has 0 radical (unpaired) electrons. The highest BCUT2D eigenvalue weighted by molar-refractivity contribution is 7.99. The molecule has 3 aromatic heterocycles. The highest BCUT2D eigenvalue weighted by atomic mass is 32.2. The Labute approximate surface area is 174 Å². The summed E-state index contributed by atoms with van der Waals surface area (Å²) in [6.45, 7) is 2.00. The molecule has 1 fully saturated rings. The second-order valence-electron chi connectivity index (χ2n) is 7.08. The van der Waals surface area contributed by atoms with Crippen molar-refractivity contribution in [1.82, 2.24) is 19.5 Å². The van der Waals surface area contributed by atoms with Crippen LogP contribution in [0.3, 0.4) is 0 Å². The minimum absolute atomic E-state index is 0.0756. The number of carbonyl (C=O) groups is 1. The smallest absolute Gasteiger partial charge is 0.417 e. The van der Waals surface area contributed by atoms with Gasteiger partial charge < -0.3 is 9.30 Å². The molecule has 10 heteroatoms. The molecule has 4 rings (SSSR count). The number of nitrogens with zero attached hydrogens (tertiary/aromatic N) is 4. The van der Waals surface area contributed by atoms with Crippen LogP contribution in [0.4, 0.5) is 13.2 Å². The maximum absolute atomic E-state index is 13.0. The number of aromatic nitrogens is 4. The number of halogens is 3. The third-order valence-corrected chi connectivity index (χ3v) is 6.06. The number of carbonyl (C=O) groups excluding carboxylic acids is 1. The Morgan fingerprint density at radius 2 is 2.07 bits per heavy atom. The van der Waals surface area contributed by atoms with Crippen LogP contribution in [0.2, 0.25) is 0 Å². The number of imidazole rings is 1. The van der Waals surface area contributed by atoms with E-state index in [0.29, 0.717) is 17.2 Å². The molecule has 1 aliphatic carbocycles. The zero-order valence-corrected chi connectivity index (χ0v) is 17.3. The molecule has 6 nitrogen and oxygen atoms in total. The van der Waals surface area contributed by atoms with Gasteiger partial charge in [-0.05, 0) is 35.8 Å². The van der Waals surface area contributed by atoms with E-state index < -0.39 is 11.7 Å². The fraction of sp³-hybridized carbons (Fsp3) is 0.400. The molecule has 2 atom stereocenters. The number of hydrogen-bond donors (Lipinski definition) is 0. The van der Waals surface area contributed by atoms with Gasteiger partial charge >= 0.3 is 12.1 Å². The molecule has 0 amide bonds. The van der Waals surface area contributed by atoms with Gasteiger partial charge in [0.25, 0.3) is 0 Å². The van der Waals surface area contributed by atoms with Crippen molar-refractivity contribution in [3.05, 3.63) is 35.7 Å². The van der Waals surface area contributed by atoms with Crippen LogP contribution in [0.1, 0.15) is 30.4 Å². The summed E-state index contributed by atoms with van der Waals surface area (Å²) in [7, 11) is 3.08. The van der Waals surface area contributed by atoms with Crippen molar-refractivity contribution in [2.24, 2.45) is 13.0 Å². The van der Waals surface area contributed by atoms with E-state index in [1.54, 1.807) is 29.6 Å².